The van der Waals surface area contributed by atoms with Gasteiger partial charge in [-0.15, -0.1) is 0 Å². The third-order valence-corrected chi connectivity index (χ3v) is 7.48. The molecule has 0 aliphatic heterocycles. The van der Waals surface area contributed by atoms with E-state index in [4.69, 9.17) is 0 Å². The van der Waals surface area contributed by atoms with Crippen LogP contribution in [0.25, 0.3) is 0 Å². The average Bonchev–Trinajstić information content (AvgIpc) is 2.85. The van der Waals surface area contributed by atoms with Crippen LogP contribution in [0.2, 0.25) is 0 Å². The molecule has 0 unspecified atom stereocenters. The third kappa shape index (κ3) is 10.7. The Kier molecular flexibility index (Phi) is 12.8. The topological polar surface area (TPSA) is 52.6 Å². The summed E-state index contributed by atoms with van der Waals surface area (Å²) in [6.45, 7) is 9.93. The Hall–Kier alpha value is -1.89. The zero-order valence-electron chi connectivity index (χ0n) is 21.8. The fourth-order valence-corrected chi connectivity index (χ4v) is 5.58. The molecular formula is C29H43FN2O2S. The van der Waals surface area contributed by atoms with Gasteiger partial charge >= 0.3 is 0 Å². The first-order valence-electron chi connectivity index (χ1n) is 12.9. The van der Waals surface area contributed by atoms with Gasteiger partial charge in [-0.1, -0.05) is 75.9 Å². The zero-order chi connectivity index (χ0) is 25.7. The van der Waals surface area contributed by atoms with Crippen molar-refractivity contribution < 1.29 is 14.3 Å². The lowest BCUT2D eigenvalue weighted by Gasteiger charge is -2.35. The SMILES string of the molecule is CCC1(C(=O)NC[C@H](O)CN(CC(C)C)Sc2ccc(F)cc2)CCCCC1.Cc1ccccc1. The molecule has 6 heteroatoms. The molecule has 4 nitrogen and oxygen atoms in total. The first-order valence-corrected chi connectivity index (χ1v) is 13.7. The number of carbonyl (C=O) groups is 1. The van der Waals surface area contributed by atoms with Gasteiger partial charge in [0.05, 0.1) is 6.10 Å². The number of aliphatic hydroxyl groups excluding tert-OH is 1. The van der Waals surface area contributed by atoms with Gasteiger partial charge < -0.3 is 10.4 Å². The molecule has 0 bridgehead atoms. The van der Waals surface area contributed by atoms with Crippen molar-refractivity contribution in [3.8, 4) is 0 Å². The molecule has 194 valence electrons. The maximum absolute atomic E-state index is 13.1. The van der Waals surface area contributed by atoms with E-state index in [1.807, 2.05) is 18.2 Å². The summed E-state index contributed by atoms with van der Waals surface area (Å²) < 4.78 is 15.2. The molecule has 0 heterocycles. The molecule has 2 aromatic carbocycles. The number of aryl methyl sites for hydroxylation is 1. The highest BCUT2D eigenvalue weighted by Crippen LogP contribution is 2.39. The summed E-state index contributed by atoms with van der Waals surface area (Å²) in [5, 5.41) is 13.5. The largest absolute Gasteiger partial charge is 0.390 e. The van der Waals surface area contributed by atoms with E-state index in [2.05, 4.69) is 49.4 Å². The van der Waals surface area contributed by atoms with Crippen molar-refractivity contribution in [2.75, 3.05) is 19.6 Å². The highest BCUT2D eigenvalue weighted by Gasteiger charge is 2.37. The quantitative estimate of drug-likeness (QED) is 0.358. The van der Waals surface area contributed by atoms with Crippen LogP contribution in [-0.2, 0) is 4.79 Å². The molecule has 1 aliphatic carbocycles. The third-order valence-electron chi connectivity index (χ3n) is 6.44. The Bertz CT molecular complexity index is 855. The van der Waals surface area contributed by atoms with Crippen LogP contribution >= 0.6 is 11.9 Å². The number of amides is 1. The molecule has 0 aromatic heterocycles. The van der Waals surface area contributed by atoms with Gasteiger partial charge in [0, 0.05) is 29.9 Å². The lowest BCUT2D eigenvalue weighted by molar-refractivity contribution is -0.133. The predicted octanol–water partition coefficient (Wildman–Crippen LogP) is 6.62. The zero-order valence-corrected chi connectivity index (χ0v) is 22.6. The molecule has 35 heavy (non-hydrogen) atoms. The molecule has 0 radical (unpaired) electrons. The summed E-state index contributed by atoms with van der Waals surface area (Å²) in [6.07, 6.45) is 5.54. The Labute approximate surface area is 215 Å². The Morgan fingerprint density at radius 3 is 2.20 bits per heavy atom. The number of hydrogen-bond acceptors (Lipinski definition) is 4. The molecule has 3 rings (SSSR count). The van der Waals surface area contributed by atoms with Crippen molar-refractivity contribution in [3.05, 3.63) is 66.0 Å². The Morgan fingerprint density at radius 1 is 1.06 bits per heavy atom. The van der Waals surface area contributed by atoms with Crippen LogP contribution in [0.4, 0.5) is 4.39 Å². The van der Waals surface area contributed by atoms with E-state index in [0.29, 0.717) is 12.5 Å². The number of aliphatic hydroxyl groups is 1. The molecule has 0 spiro atoms. The van der Waals surface area contributed by atoms with Crippen molar-refractivity contribution in [1.29, 1.82) is 0 Å². The first-order chi connectivity index (χ1) is 16.7. The predicted molar refractivity (Wildman–Crippen MR) is 145 cm³/mol. The minimum atomic E-state index is -0.645. The Balaban J connectivity index is 0.000000527. The van der Waals surface area contributed by atoms with Gasteiger partial charge in [0.2, 0.25) is 5.91 Å². The first kappa shape index (κ1) is 29.3. The Morgan fingerprint density at radius 2 is 1.69 bits per heavy atom. The lowest BCUT2D eigenvalue weighted by atomic mass is 9.71. The lowest BCUT2D eigenvalue weighted by Crippen LogP contribution is -2.46. The molecule has 0 saturated heterocycles. The fraction of sp³-hybridized carbons (Fsp3) is 0.552. The second-order valence-corrected chi connectivity index (χ2v) is 11.2. The molecule has 2 N–H and O–H groups in total. The van der Waals surface area contributed by atoms with Gasteiger partial charge in [0.25, 0.3) is 0 Å². The minimum absolute atomic E-state index is 0.0929. The van der Waals surface area contributed by atoms with Crippen molar-refractivity contribution in [1.82, 2.24) is 9.62 Å². The van der Waals surface area contributed by atoms with Crippen LogP contribution in [0.5, 0.6) is 0 Å². The summed E-state index contributed by atoms with van der Waals surface area (Å²) in [6, 6.07) is 16.6. The highest BCUT2D eigenvalue weighted by molar-refractivity contribution is 7.97. The van der Waals surface area contributed by atoms with E-state index in [1.54, 1.807) is 12.1 Å². The standard InChI is InChI=1S/C22H35FN2O2S.C7H8/c1-4-22(12-6-5-7-13-22)21(27)24-14-19(26)16-25(15-17(2)3)28-20-10-8-18(23)9-11-20;1-7-5-3-2-4-6-7/h8-11,17,19,26H,4-7,12-16H2,1-3H3,(H,24,27);2-6H,1H3/t19-;/m0./s1. The molecule has 1 atom stereocenters. The summed E-state index contributed by atoms with van der Waals surface area (Å²) in [7, 11) is 0. The summed E-state index contributed by atoms with van der Waals surface area (Å²) >= 11 is 1.51. The molecule has 2 aromatic rings. The van der Waals surface area contributed by atoms with Gasteiger partial charge in [0.1, 0.15) is 5.82 Å². The second kappa shape index (κ2) is 15.3. The van der Waals surface area contributed by atoms with E-state index >= 15 is 0 Å². The molecule has 1 saturated carbocycles. The van der Waals surface area contributed by atoms with Crippen LogP contribution in [0.15, 0.2) is 59.5 Å². The van der Waals surface area contributed by atoms with Crippen molar-refractivity contribution >= 4 is 17.9 Å². The van der Waals surface area contributed by atoms with Gasteiger partial charge in [-0.05, 0) is 68.3 Å². The van der Waals surface area contributed by atoms with Gasteiger partial charge in [0.15, 0.2) is 0 Å². The summed E-state index contributed by atoms with van der Waals surface area (Å²) in [4.78, 5) is 13.7. The van der Waals surface area contributed by atoms with Gasteiger partial charge in [-0.25, -0.2) is 8.70 Å². The number of carbonyl (C=O) groups excluding carboxylic acids is 1. The highest BCUT2D eigenvalue weighted by atomic mass is 32.2. The molecule has 1 fully saturated rings. The average molecular weight is 503 g/mol. The van der Waals surface area contributed by atoms with Crippen molar-refractivity contribution in [3.63, 3.8) is 0 Å². The van der Waals surface area contributed by atoms with Gasteiger partial charge in [-0.2, -0.15) is 0 Å². The van der Waals surface area contributed by atoms with Crippen LogP contribution in [0.1, 0.15) is 64.9 Å². The van der Waals surface area contributed by atoms with E-state index < -0.39 is 6.10 Å². The maximum Gasteiger partial charge on any atom is 0.226 e. The van der Waals surface area contributed by atoms with Crippen molar-refractivity contribution in [2.45, 2.75) is 77.2 Å². The number of nitrogens with one attached hydrogen (secondary N) is 1. The number of rotatable bonds is 10. The summed E-state index contributed by atoms with van der Waals surface area (Å²) in [5.74, 6) is 0.269. The fourth-order valence-electron chi connectivity index (χ4n) is 4.40. The van der Waals surface area contributed by atoms with Crippen LogP contribution in [-0.4, -0.2) is 41.1 Å². The van der Waals surface area contributed by atoms with Crippen LogP contribution < -0.4 is 5.32 Å². The van der Waals surface area contributed by atoms with E-state index in [1.165, 1.54) is 36.1 Å². The number of nitrogens with zero attached hydrogens (tertiary/aromatic N) is 1. The van der Waals surface area contributed by atoms with Crippen LogP contribution in [0.3, 0.4) is 0 Å². The summed E-state index contributed by atoms with van der Waals surface area (Å²) in [5.41, 5.74) is 1.07. The number of benzene rings is 2. The molecule has 1 aliphatic rings. The van der Waals surface area contributed by atoms with E-state index in [-0.39, 0.29) is 23.7 Å². The van der Waals surface area contributed by atoms with E-state index in [9.17, 15) is 14.3 Å². The van der Waals surface area contributed by atoms with Crippen molar-refractivity contribution in [2.24, 2.45) is 11.3 Å². The second-order valence-electron chi connectivity index (χ2n) is 10.00. The normalized spacial score (nSPS) is 15.9. The smallest absolute Gasteiger partial charge is 0.226 e. The van der Waals surface area contributed by atoms with Crippen LogP contribution in [0, 0.1) is 24.1 Å². The molecule has 1 amide bonds. The number of hydrogen-bond donors (Lipinski definition) is 2. The molecular weight excluding hydrogens is 459 g/mol. The maximum atomic E-state index is 13.1. The van der Waals surface area contributed by atoms with E-state index in [0.717, 1.165) is 43.5 Å². The minimum Gasteiger partial charge on any atom is -0.390 e. The van der Waals surface area contributed by atoms with Gasteiger partial charge in [-0.3, -0.25) is 4.79 Å². The number of halogens is 1. The monoisotopic (exact) mass is 502 g/mol.